The molecule has 0 atom stereocenters. The van der Waals surface area contributed by atoms with Gasteiger partial charge in [0.05, 0.1) is 0 Å². The third-order valence-electron chi connectivity index (χ3n) is 1.38. The summed E-state index contributed by atoms with van der Waals surface area (Å²) < 4.78 is 18.4. The Morgan fingerprint density at radius 1 is 1.14 bits per heavy atom. The highest BCUT2D eigenvalue weighted by atomic mass is 32.2. The maximum absolute atomic E-state index is 9.19. The number of nitrogens with two attached hydrogens (primary N) is 2. The summed E-state index contributed by atoms with van der Waals surface area (Å²) in [6.07, 6.45) is 2.45. The summed E-state index contributed by atoms with van der Waals surface area (Å²) in [7, 11) is -3.67. The van der Waals surface area contributed by atoms with Crippen molar-refractivity contribution in [2.45, 2.75) is 19.8 Å². The van der Waals surface area contributed by atoms with Gasteiger partial charge >= 0.3 is 0 Å². The van der Waals surface area contributed by atoms with E-state index in [2.05, 4.69) is 47.5 Å². The molecule has 0 aliphatic heterocycles. The molecule has 0 fully saturated rings. The van der Waals surface area contributed by atoms with Gasteiger partial charge < -0.3 is 0 Å². The Morgan fingerprint density at radius 2 is 1.57 bits per heavy atom. The van der Waals surface area contributed by atoms with Crippen molar-refractivity contribution in [1.29, 1.82) is 0 Å². The van der Waals surface area contributed by atoms with Gasteiger partial charge in [-0.25, -0.2) is 10.3 Å². The molecular formula is C9H16N2O2S. The topological polar surface area (TPSA) is 86.2 Å². The van der Waals surface area contributed by atoms with Crippen LogP contribution in [-0.4, -0.2) is 8.42 Å². The first-order valence-electron chi connectivity index (χ1n) is 4.28. The van der Waals surface area contributed by atoms with E-state index >= 15 is 0 Å². The van der Waals surface area contributed by atoms with Crippen LogP contribution in [0.3, 0.4) is 0 Å². The molecule has 80 valence electrons. The van der Waals surface area contributed by atoms with Crippen molar-refractivity contribution in [3.63, 3.8) is 0 Å². The Bertz CT molecular complexity index is 327. The van der Waals surface area contributed by atoms with E-state index in [1.54, 1.807) is 0 Å². The zero-order valence-corrected chi connectivity index (χ0v) is 9.00. The summed E-state index contributed by atoms with van der Waals surface area (Å²) in [5.74, 6) is 0. The lowest BCUT2D eigenvalue weighted by molar-refractivity contribution is 0.599. The Balaban J connectivity index is 0.000000292. The summed E-state index contributed by atoms with van der Waals surface area (Å²) in [5.41, 5.74) is 1.44. The molecule has 0 spiro atoms. The van der Waals surface area contributed by atoms with Crippen LogP contribution in [0.1, 0.15) is 18.9 Å². The third-order valence-corrected chi connectivity index (χ3v) is 1.38. The van der Waals surface area contributed by atoms with E-state index in [-0.39, 0.29) is 0 Å². The zero-order chi connectivity index (χ0) is 11.0. The Morgan fingerprint density at radius 3 is 1.93 bits per heavy atom. The van der Waals surface area contributed by atoms with Gasteiger partial charge in [-0.3, -0.25) is 0 Å². The number of hydrogen-bond donors (Lipinski definition) is 2. The van der Waals surface area contributed by atoms with Crippen molar-refractivity contribution in [2.75, 3.05) is 0 Å². The molecule has 0 amide bonds. The van der Waals surface area contributed by atoms with Crippen molar-refractivity contribution < 1.29 is 8.42 Å². The van der Waals surface area contributed by atoms with Crippen LogP contribution < -0.4 is 10.3 Å². The fraction of sp³-hybridized carbons (Fsp3) is 0.333. The number of benzene rings is 1. The van der Waals surface area contributed by atoms with E-state index in [4.69, 9.17) is 0 Å². The molecule has 0 saturated heterocycles. The lowest BCUT2D eigenvalue weighted by atomic mass is 10.1. The second-order valence-electron chi connectivity index (χ2n) is 2.82. The predicted molar refractivity (Wildman–Crippen MR) is 57.7 cm³/mol. The molecule has 5 heteroatoms. The molecule has 0 aromatic heterocycles. The zero-order valence-electron chi connectivity index (χ0n) is 8.18. The van der Waals surface area contributed by atoms with Crippen LogP contribution in [0.15, 0.2) is 30.3 Å². The average molecular weight is 216 g/mol. The van der Waals surface area contributed by atoms with Crippen LogP contribution in [0.2, 0.25) is 0 Å². The minimum Gasteiger partial charge on any atom is -0.216 e. The SMILES string of the molecule is CCCc1ccccc1.NS(N)(=O)=O. The van der Waals surface area contributed by atoms with Crippen LogP contribution in [0.25, 0.3) is 0 Å². The van der Waals surface area contributed by atoms with Crippen molar-refractivity contribution in [1.82, 2.24) is 0 Å². The summed E-state index contributed by atoms with van der Waals surface area (Å²) in [4.78, 5) is 0. The second-order valence-corrected chi connectivity index (χ2v) is 4.00. The van der Waals surface area contributed by atoms with Gasteiger partial charge in [-0.05, 0) is 12.0 Å². The van der Waals surface area contributed by atoms with Crippen molar-refractivity contribution >= 4 is 10.2 Å². The molecule has 1 rings (SSSR count). The van der Waals surface area contributed by atoms with Gasteiger partial charge in [0.1, 0.15) is 0 Å². The highest BCUT2D eigenvalue weighted by molar-refractivity contribution is 7.86. The normalized spacial score (nSPS) is 10.2. The van der Waals surface area contributed by atoms with Gasteiger partial charge in [-0.15, -0.1) is 0 Å². The number of hydrogen-bond acceptors (Lipinski definition) is 2. The first kappa shape index (κ1) is 13.1. The highest BCUT2D eigenvalue weighted by Crippen LogP contribution is 2.00. The van der Waals surface area contributed by atoms with E-state index in [0.29, 0.717) is 0 Å². The molecule has 1 aromatic rings. The predicted octanol–water partition coefficient (Wildman–Crippen LogP) is 0.788. The van der Waals surface area contributed by atoms with Gasteiger partial charge in [-0.1, -0.05) is 43.7 Å². The molecule has 14 heavy (non-hydrogen) atoms. The Kier molecular flexibility index (Phi) is 6.11. The maximum atomic E-state index is 9.19. The number of rotatable bonds is 2. The largest absolute Gasteiger partial charge is 0.271 e. The highest BCUT2D eigenvalue weighted by Gasteiger charge is 1.84. The van der Waals surface area contributed by atoms with Crippen LogP contribution in [0, 0.1) is 0 Å². The minimum atomic E-state index is -3.67. The first-order chi connectivity index (χ1) is 6.43. The Hall–Kier alpha value is -0.910. The first-order valence-corrected chi connectivity index (χ1v) is 5.89. The molecule has 0 aliphatic rings. The lowest BCUT2D eigenvalue weighted by Gasteiger charge is -1.93. The third kappa shape index (κ3) is 11.1. The smallest absolute Gasteiger partial charge is 0.216 e. The monoisotopic (exact) mass is 216 g/mol. The van der Waals surface area contributed by atoms with E-state index in [9.17, 15) is 8.42 Å². The molecule has 0 bridgehead atoms. The molecule has 0 unspecified atom stereocenters. The van der Waals surface area contributed by atoms with E-state index in [0.717, 1.165) is 0 Å². The van der Waals surface area contributed by atoms with Crippen LogP contribution in [0.5, 0.6) is 0 Å². The summed E-state index contributed by atoms with van der Waals surface area (Å²) in [6, 6.07) is 10.6. The molecule has 0 heterocycles. The fourth-order valence-corrected chi connectivity index (χ4v) is 0.933. The molecule has 1 aromatic carbocycles. The molecule has 0 radical (unpaired) electrons. The molecular weight excluding hydrogens is 200 g/mol. The van der Waals surface area contributed by atoms with Gasteiger partial charge in [-0.2, -0.15) is 8.42 Å². The van der Waals surface area contributed by atoms with Gasteiger partial charge in [0.2, 0.25) is 0 Å². The molecule has 4 nitrogen and oxygen atoms in total. The number of aryl methyl sites for hydroxylation is 1. The van der Waals surface area contributed by atoms with Gasteiger partial charge in [0, 0.05) is 0 Å². The van der Waals surface area contributed by atoms with E-state index in [1.165, 1.54) is 18.4 Å². The summed E-state index contributed by atoms with van der Waals surface area (Å²) in [6.45, 7) is 2.20. The molecule has 0 saturated carbocycles. The van der Waals surface area contributed by atoms with Crippen molar-refractivity contribution in [3.05, 3.63) is 35.9 Å². The van der Waals surface area contributed by atoms with Crippen molar-refractivity contribution in [2.24, 2.45) is 10.3 Å². The maximum Gasteiger partial charge on any atom is 0.271 e. The van der Waals surface area contributed by atoms with Crippen LogP contribution in [-0.2, 0) is 16.6 Å². The van der Waals surface area contributed by atoms with E-state index < -0.39 is 10.2 Å². The lowest BCUT2D eigenvalue weighted by Crippen LogP contribution is -2.21. The fourth-order valence-electron chi connectivity index (χ4n) is 0.933. The van der Waals surface area contributed by atoms with Gasteiger partial charge in [0.25, 0.3) is 10.2 Å². The molecule has 4 N–H and O–H groups in total. The summed E-state index contributed by atoms with van der Waals surface area (Å²) >= 11 is 0. The van der Waals surface area contributed by atoms with Gasteiger partial charge in [0.15, 0.2) is 0 Å². The Labute approximate surface area is 85.1 Å². The molecule has 0 aliphatic carbocycles. The van der Waals surface area contributed by atoms with Crippen molar-refractivity contribution in [3.8, 4) is 0 Å². The van der Waals surface area contributed by atoms with Crippen LogP contribution >= 0.6 is 0 Å². The quantitative estimate of drug-likeness (QED) is 0.765. The standard InChI is InChI=1S/C9H12.H4N2O2S/c1-2-6-9-7-4-3-5-8-9;1-5(2,3)4/h3-5,7-8H,2,6H2,1H3;(H4,1,2,3,4). The average Bonchev–Trinajstić information content (AvgIpc) is 2.03. The van der Waals surface area contributed by atoms with E-state index in [1.807, 2.05) is 0 Å². The second kappa shape index (κ2) is 6.53. The minimum absolute atomic E-state index is 1.21. The van der Waals surface area contributed by atoms with Crippen LogP contribution in [0.4, 0.5) is 0 Å². The summed E-state index contributed by atoms with van der Waals surface area (Å²) in [5, 5.41) is 8.21.